The van der Waals surface area contributed by atoms with Crippen molar-refractivity contribution < 1.29 is 9.15 Å². The lowest BCUT2D eigenvalue weighted by atomic mass is 10.1. The van der Waals surface area contributed by atoms with Gasteiger partial charge in [-0.3, -0.25) is 5.32 Å². The first-order valence-electron chi connectivity index (χ1n) is 8.51. The molecule has 5 heteroatoms. The van der Waals surface area contributed by atoms with E-state index >= 15 is 0 Å². The van der Waals surface area contributed by atoms with Gasteiger partial charge in [-0.1, -0.05) is 35.9 Å². The highest BCUT2D eigenvalue weighted by atomic mass is 35.5. The molecule has 0 bridgehead atoms. The zero-order chi connectivity index (χ0) is 17.7. The predicted octanol–water partition coefficient (Wildman–Crippen LogP) is 5.08. The Hall–Kier alpha value is -2.69. The van der Waals surface area contributed by atoms with E-state index in [-0.39, 0.29) is 6.04 Å². The molecule has 1 atom stereocenters. The summed E-state index contributed by atoms with van der Waals surface area (Å²) >= 11 is 6.51. The summed E-state index contributed by atoms with van der Waals surface area (Å²) in [6, 6.07) is 18.1. The molecule has 0 saturated carbocycles. The summed E-state index contributed by atoms with van der Waals surface area (Å²) in [7, 11) is 1.66. The largest absolute Gasteiger partial charge is 0.493 e. The van der Waals surface area contributed by atoms with Gasteiger partial charge in [0.2, 0.25) is 0 Å². The van der Waals surface area contributed by atoms with E-state index in [4.69, 9.17) is 20.8 Å². The molecule has 0 fully saturated rings. The number of halogens is 1. The standard InChI is InChI=1S/C21H17ClN2O2/c1-25-17-9-3-5-13-11-18(26-21(13)17)19-16-8-4-10-24(16)20-14(12-23-19)6-2-7-15(20)22/h2-11,19,23H,12H2,1H3. The van der Waals surface area contributed by atoms with Crippen molar-refractivity contribution in [1.82, 2.24) is 9.88 Å². The summed E-state index contributed by atoms with van der Waals surface area (Å²) in [5.74, 6) is 1.59. The molecule has 0 spiro atoms. The monoisotopic (exact) mass is 364 g/mol. The molecule has 26 heavy (non-hydrogen) atoms. The fourth-order valence-electron chi connectivity index (χ4n) is 3.73. The van der Waals surface area contributed by atoms with E-state index in [9.17, 15) is 0 Å². The Morgan fingerprint density at radius 2 is 2.04 bits per heavy atom. The molecule has 1 aliphatic heterocycles. The highest BCUT2D eigenvalue weighted by molar-refractivity contribution is 6.32. The third-order valence-electron chi connectivity index (χ3n) is 4.92. The summed E-state index contributed by atoms with van der Waals surface area (Å²) < 4.78 is 13.8. The van der Waals surface area contributed by atoms with Gasteiger partial charge in [0.25, 0.3) is 0 Å². The first kappa shape index (κ1) is 15.6. The van der Waals surface area contributed by atoms with E-state index in [2.05, 4.69) is 28.1 Å². The number of nitrogens with zero attached hydrogens (tertiary/aromatic N) is 1. The van der Waals surface area contributed by atoms with Crippen molar-refractivity contribution in [3.05, 3.63) is 82.8 Å². The zero-order valence-electron chi connectivity index (χ0n) is 14.2. The maximum Gasteiger partial charge on any atom is 0.176 e. The Labute approximate surface area is 155 Å². The van der Waals surface area contributed by atoms with Crippen molar-refractivity contribution in [2.45, 2.75) is 12.6 Å². The van der Waals surface area contributed by atoms with Crippen LogP contribution in [0, 0.1) is 0 Å². The number of aromatic nitrogens is 1. The minimum Gasteiger partial charge on any atom is -0.493 e. The van der Waals surface area contributed by atoms with Crippen LogP contribution in [0.2, 0.25) is 5.02 Å². The van der Waals surface area contributed by atoms with Crippen molar-refractivity contribution in [2.24, 2.45) is 0 Å². The lowest BCUT2D eigenvalue weighted by Crippen LogP contribution is -2.20. The molecule has 0 aliphatic carbocycles. The molecule has 4 aromatic rings. The number of nitrogens with one attached hydrogen (secondary N) is 1. The molecule has 130 valence electrons. The van der Waals surface area contributed by atoms with Crippen LogP contribution >= 0.6 is 11.6 Å². The van der Waals surface area contributed by atoms with Crippen LogP contribution in [0.15, 0.2) is 65.2 Å². The SMILES string of the molecule is COc1cccc2cc(C3NCc4cccc(Cl)c4-n4cccc43)oc12. The number of rotatable bonds is 2. The van der Waals surface area contributed by atoms with E-state index in [1.807, 2.05) is 42.6 Å². The summed E-state index contributed by atoms with van der Waals surface area (Å²) in [4.78, 5) is 0. The normalized spacial score (nSPS) is 16.2. The molecule has 5 rings (SSSR count). The quantitative estimate of drug-likeness (QED) is 0.539. The average molecular weight is 365 g/mol. The van der Waals surface area contributed by atoms with Crippen LogP contribution < -0.4 is 10.1 Å². The van der Waals surface area contributed by atoms with E-state index < -0.39 is 0 Å². The number of hydrogen-bond acceptors (Lipinski definition) is 3. The molecule has 0 amide bonds. The second kappa shape index (κ2) is 5.94. The molecule has 3 heterocycles. The van der Waals surface area contributed by atoms with Gasteiger partial charge < -0.3 is 13.7 Å². The number of benzene rings is 2. The number of ether oxygens (including phenoxy) is 1. The predicted molar refractivity (Wildman–Crippen MR) is 102 cm³/mol. The molecule has 4 nitrogen and oxygen atoms in total. The van der Waals surface area contributed by atoms with E-state index in [0.29, 0.717) is 6.54 Å². The molecule has 0 radical (unpaired) electrons. The molecule has 1 aliphatic rings. The van der Waals surface area contributed by atoms with Crippen molar-refractivity contribution >= 4 is 22.6 Å². The van der Waals surface area contributed by atoms with Crippen LogP contribution in [0.1, 0.15) is 23.1 Å². The summed E-state index contributed by atoms with van der Waals surface area (Å²) in [6.07, 6.45) is 2.04. The van der Waals surface area contributed by atoms with E-state index in [1.165, 1.54) is 0 Å². The van der Waals surface area contributed by atoms with Crippen LogP contribution in [0.5, 0.6) is 5.75 Å². The smallest absolute Gasteiger partial charge is 0.176 e. The first-order chi connectivity index (χ1) is 12.8. The Morgan fingerprint density at radius 1 is 1.15 bits per heavy atom. The number of para-hydroxylation sites is 2. The van der Waals surface area contributed by atoms with E-state index in [1.54, 1.807) is 7.11 Å². The van der Waals surface area contributed by atoms with Gasteiger partial charge in [0, 0.05) is 23.8 Å². The van der Waals surface area contributed by atoms with Crippen LogP contribution in [-0.2, 0) is 6.54 Å². The Morgan fingerprint density at radius 3 is 2.92 bits per heavy atom. The van der Waals surface area contributed by atoms with Gasteiger partial charge in [0.05, 0.1) is 17.8 Å². The molecule has 0 saturated heterocycles. The van der Waals surface area contributed by atoms with E-state index in [0.717, 1.165) is 44.4 Å². The summed E-state index contributed by atoms with van der Waals surface area (Å²) in [5, 5.41) is 5.38. The topological polar surface area (TPSA) is 39.3 Å². The molecule has 2 aromatic heterocycles. The number of methoxy groups -OCH3 is 1. The van der Waals surface area contributed by atoms with Crippen molar-refractivity contribution in [3.63, 3.8) is 0 Å². The number of hydrogen-bond donors (Lipinski definition) is 1. The third-order valence-corrected chi connectivity index (χ3v) is 5.22. The summed E-state index contributed by atoms with van der Waals surface area (Å²) in [6.45, 7) is 0.705. The number of fused-ring (bicyclic) bond motifs is 4. The first-order valence-corrected chi connectivity index (χ1v) is 8.89. The molecule has 1 unspecified atom stereocenters. The molecular weight excluding hydrogens is 348 g/mol. The Kier molecular flexibility index (Phi) is 3.55. The van der Waals surface area contributed by atoms with Crippen molar-refractivity contribution in [3.8, 4) is 11.4 Å². The maximum absolute atomic E-state index is 6.51. The second-order valence-electron chi connectivity index (χ2n) is 6.39. The van der Waals surface area contributed by atoms with Crippen LogP contribution in [0.25, 0.3) is 16.7 Å². The lowest BCUT2D eigenvalue weighted by molar-refractivity contribution is 0.402. The fourth-order valence-corrected chi connectivity index (χ4v) is 4.01. The second-order valence-corrected chi connectivity index (χ2v) is 6.80. The Bertz CT molecular complexity index is 1110. The average Bonchev–Trinajstić information content (AvgIpc) is 3.26. The Balaban J connectivity index is 1.68. The maximum atomic E-state index is 6.51. The van der Waals surface area contributed by atoms with Crippen LogP contribution in [0.4, 0.5) is 0 Å². The highest BCUT2D eigenvalue weighted by Gasteiger charge is 2.27. The summed E-state index contributed by atoms with van der Waals surface area (Å²) in [5.41, 5.74) is 4.04. The van der Waals surface area contributed by atoms with Crippen molar-refractivity contribution in [2.75, 3.05) is 7.11 Å². The van der Waals surface area contributed by atoms with Crippen LogP contribution in [-0.4, -0.2) is 11.7 Å². The van der Waals surface area contributed by atoms with Crippen LogP contribution in [0.3, 0.4) is 0 Å². The number of furan rings is 1. The zero-order valence-corrected chi connectivity index (χ0v) is 15.0. The van der Waals surface area contributed by atoms with Gasteiger partial charge >= 0.3 is 0 Å². The minimum atomic E-state index is -0.0782. The third kappa shape index (κ3) is 2.26. The lowest BCUT2D eigenvalue weighted by Gasteiger charge is -2.15. The molecule has 2 aromatic carbocycles. The fraction of sp³-hybridized carbons (Fsp3) is 0.143. The van der Waals surface area contributed by atoms with Crippen molar-refractivity contribution in [1.29, 1.82) is 0 Å². The van der Waals surface area contributed by atoms with Gasteiger partial charge in [0.1, 0.15) is 11.8 Å². The van der Waals surface area contributed by atoms with Gasteiger partial charge in [-0.2, -0.15) is 0 Å². The van der Waals surface area contributed by atoms with Gasteiger partial charge in [-0.25, -0.2) is 0 Å². The highest BCUT2D eigenvalue weighted by Crippen LogP contribution is 2.37. The van der Waals surface area contributed by atoms with Gasteiger partial charge in [-0.15, -0.1) is 0 Å². The van der Waals surface area contributed by atoms with Gasteiger partial charge in [0.15, 0.2) is 11.3 Å². The van der Waals surface area contributed by atoms with Gasteiger partial charge in [-0.05, 0) is 35.9 Å². The minimum absolute atomic E-state index is 0.0782. The molecular formula is C21H17ClN2O2. The molecule has 1 N–H and O–H groups in total.